The van der Waals surface area contributed by atoms with Crippen LogP contribution in [0.5, 0.6) is 11.5 Å². The van der Waals surface area contributed by atoms with Crippen molar-refractivity contribution in [3.8, 4) is 11.5 Å². The molecule has 0 saturated heterocycles. The number of fused-ring (bicyclic) bond motifs is 2. The molecule has 1 aromatic heterocycles. The summed E-state index contributed by atoms with van der Waals surface area (Å²) < 4.78 is 10.8. The minimum atomic E-state index is -0.928. The molecule has 4 rings (SSSR count). The van der Waals surface area contributed by atoms with Gasteiger partial charge in [-0.1, -0.05) is 20.8 Å². The maximum absolute atomic E-state index is 11.9. The van der Waals surface area contributed by atoms with Crippen molar-refractivity contribution in [2.75, 3.05) is 24.4 Å². The van der Waals surface area contributed by atoms with Crippen molar-refractivity contribution in [1.82, 2.24) is 9.97 Å². The maximum Gasteiger partial charge on any atom is 0.412 e. The van der Waals surface area contributed by atoms with Crippen molar-refractivity contribution in [2.24, 2.45) is 5.41 Å². The summed E-state index contributed by atoms with van der Waals surface area (Å²) in [5.41, 5.74) is 3.10. The smallest absolute Gasteiger partial charge is 0.412 e. The van der Waals surface area contributed by atoms with Crippen molar-refractivity contribution in [2.45, 2.75) is 33.2 Å². The number of amides is 1. The first-order valence-corrected chi connectivity index (χ1v) is 10.0. The van der Waals surface area contributed by atoms with E-state index < -0.39 is 6.09 Å². The number of hydrogen-bond acceptors (Lipinski definition) is 6. The highest BCUT2D eigenvalue weighted by Crippen LogP contribution is 2.41. The second kappa shape index (κ2) is 7.61. The van der Waals surface area contributed by atoms with E-state index in [0.717, 1.165) is 27.8 Å². The number of ether oxygens (including phenoxy) is 2. The number of carboxylic acid groups (broad SMARTS) is 1. The zero-order valence-corrected chi connectivity index (χ0v) is 18.3. The van der Waals surface area contributed by atoms with E-state index in [1.54, 1.807) is 14.2 Å². The number of methoxy groups -OCH3 is 2. The van der Waals surface area contributed by atoms with Crippen LogP contribution in [0.25, 0.3) is 10.9 Å². The highest BCUT2D eigenvalue weighted by atomic mass is 16.5. The Kier molecular flexibility index (Phi) is 5.08. The largest absolute Gasteiger partial charge is 0.493 e. The van der Waals surface area contributed by atoms with Crippen LogP contribution in [0.3, 0.4) is 0 Å². The third-order valence-electron chi connectivity index (χ3n) is 5.67. The number of nitrogens with zero attached hydrogens (tertiary/aromatic N) is 3. The predicted molar refractivity (Wildman–Crippen MR) is 120 cm³/mol. The highest BCUT2D eigenvalue weighted by Gasteiger charge is 2.40. The molecule has 1 aliphatic heterocycles. The Hall–Kier alpha value is -3.55. The molecule has 2 N–H and O–H groups in total. The molecule has 0 fully saturated rings. The highest BCUT2D eigenvalue weighted by molar-refractivity contribution is 5.94. The van der Waals surface area contributed by atoms with Gasteiger partial charge in [0.05, 0.1) is 25.4 Å². The summed E-state index contributed by atoms with van der Waals surface area (Å²) in [7, 11) is 3.17. The van der Waals surface area contributed by atoms with Crippen LogP contribution in [-0.4, -0.2) is 41.4 Å². The molecule has 8 nitrogen and oxygen atoms in total. The van der Waals surface area contributed by atoms with Gasteiger partial charge in [-0.15, -0.1) is 0 Å². The van der Waals surface area contributed by atoms with Crippen molar-refractivity contribution in [1.29, 1.82) is 0 Å². The average Bonchev–Trinajstić information content (AvgIpc) is 3.12. The Morgan fingerprint density at radius 2 is 1.84 bits per heavy atom. The van der Waals surface area contributed by atoms with Crippen molar-refractivity contribution >= 4 is 34.2 Å². The fourth-order valence-electron chi connectivity index (χ4n) is 4.08. The number of rotatable bonds is 4. The number of benzene rings is 2. The molecule has 0 bridgehead atoms. The lowest BCUT2D eigenvalue weighted by Gasteiger charge is -2.33. The Morgan fingerprint density at radius 3 is 2.48 bits per heavy atom. The Balaban J connectivity index is 1.71. The lowest BCUT2D eigenvalue weighted by atomic mass is 9.84. The molecule has 162 valence electrons. The zero-order valence-electron chi connectivity index (χ0n) is 18.3. The molecule has 3 aromatic rings. The van der Waals surface area contributed by atoms with Crippen LogP contribution < -0.4 is 19.7 Å². The fraction of sp³-hybridized carbons (Fsp3) is 0.348. The van der Waals surface area contributed by atoms with E-state index in [2.05, 4.69) is 36.1 Å². The van der Waals surface area contributed by atoms with E-state index in [0.29, 0.717) is 23.7 Å². The SMILES string of the molecule is COc1cc2ncnc(Nc3ccc4c(c3)CC(C(C)(C)C)N4C(=O)O)c2cc1OC. The van der Waals surface area contributed by atoms with E-state index in [1.165, 1.54) is 11.2 Å². The summed E-state index contributed by atoms with van der Waals surface area (Å²) >= 11 is 0. The van der Waals surface area contributed by atoms with Gasteiger partial charge in [-0.25, -0.2) is 14.8 Å². The van der Waals surface area contributed by atoms with Crippen molar-refractivity contribution in [3.05, 3.63) is 42.2 Å². The number of hydrogen-bond donors (Lipinski definition) is 2. The molecule has 1 amide bonds. The molecular weight excluding hydrogens is 396 g/mol. The monoisotopic (exact) mass is 422 g/mol. The van der Waals surface area contributed by atoms with Crippen LogP contribution in [0.4, 0.5) is 22.0 Å². The van der Waals surface area contributed by atoms with E-state index in [-0.39, 0.29) is 11.5 Å². The molecule has 0 spiro atoms. The molecule has 31 heavy (non-hydrogen) atoms. The van der Waals surface area contributed by atoms with Crippen LogP contribution in [0.15, 0.2) is 36.7 Å². The van der Waals surface area contributed by atoms with Crippen LogP contribution in [0.1, 0.15) is 26.3 Å². The van der Waals surface area contributed by atoms with Crippen LogP contribution in [0.2, 0.25) is 0 Å². The van der Waals surface area contributed by atoms with Crippen LogP contribution >= 0.6 is 0 Å². The van der Waals surface area contributed by atoms with Gasteiger partial charge in [0, 0.05) is 23.2 Å². The molecule has 0 radical (unpaired) electrons. The summed E-state index contributed by atoms with van der Waals surface area (Å²) in [4.78, 5) is 22.1. The van der Waals surface area contributed by atoms with Gasteiger partial charge in [0.2, 0.25) is 0 Å². The lowest BCUT2D eigenvalue weighted by Crippen LogP contribution is -2.44. The molecule has 1 unspecified atom stereocenters. The van der Waals surface area contributed by atoms with Gasteiger partial charge in [-0.05, 0) is 41.7 Å². The minimum Gasteiger partial charge on any atom is -0.493 e. The first-order valence-electron chi connectivity index (χ1n) is 10.0. The molecule has 8 heteroatoms. The second-order valence-corrected chi connectivity index (χ2v) is 8.65. The zero-order chi connectivity index (χ0) is 22.3. The molecular formula is C23H26N4O4. The third-order valence-corrected chi connectivity index (χ3v) is 5.67. The normalized spacial score (nSPS) is 15.6. The third kappa shape index (κ3) is 3.69. The predicted octanol–water partition coefficient (Wildman–Crippen LogP) is 4.85. The Labute approximate surface area is 180 Å². The molecule has 0 saturated carbocycles. The van der Waals surface area contributed by atoms with Gasteiger partial charge < -0.3 is 19.9 Å². The van der Waals surface area contributed by atoms with Gasteiger partial charge in [0.1, 0.15) is 12.1 Å². The first kappa shape index (κ1) is 20.7. The number of carbonyl (C=O) groups is 1. The quantitative estimate of drug-likeness (QED) is 0.620. The lowest BCUT2D eigenvalue weighted by molar-refractivity contribution is 0.191. The molecule has 2 heterocycles. The van der Waals surface area contributed by atoms with Crippen LogP contribution in [-0.2, 0) is 6.42 Å². The number of anilines is 3. The van der Waals surface area contributed by atoms with E-state index in [9.17, 15) is 9.90 Å². The summed E-state index contributed by atoms with van der Waals surface area (Å²) in [6.07, 6.45) is 1.23. The van der Waals surface area contributed by atoms with Gasteiger partial charge in [0.15, 0.2) is 11.5 Å². The van der Waals surface area contributed by atoms with Crippen LogP contribution in [0, 0.1) is 5.41 Å². The van der Waals surface area contributed by atoms with Gasteiger partial charge in [-0.2, -0.15) is 0 Å². The first-order chi connectivity index (χ1) is 14.7. The topological polar surface area (TPSA) is 96.8 Å². The van der Waals surface area contributed by atoms with E-state index >= 15 is 0 Å². The number of aromatic nitrogens is 2. The van der Waals surface area contributed by atoms with Crippen molar-refractivity contribution in [3.63, 3.8) is 0 Å². The molecule has 1 aliphatic rings. The summed E-state index contributed by atoms with van der Waals surface area (Å²) in [5, 5.41) is 13.9. The van der Waals surface area contributed by atoms with E-state index in [4.69, 9.17) is 9.47 Å². The van der Waals surface area contributed by atoms with Crippen molar-refractivity contribution < 1.29 is 19.4 Å². The molecule has 2 aromatic carbocycles. The standard InChI is InChI=1S/C23H26N4O4/c1-23(2,3)20-9-13-8-14(6-7-17(13)27(20)22(28)29)26-21-15-10-18(30-4)19(31-5)11-16(15)24-12-25-21/h6-8,10-12,20H,9H2,1-5H3,(H,28,29)(H,24,25,26). The molecule has 0 aliphatic carbocycles. The van der Waals surface area contributed by atoms with Gasteiger partial charge in [0.25, 0.3) is 0 Å². The summed E-state index contributed by atoms with van der Waals surface area (Å²) in [5.74, 6) is 1.82. The number of nitrogens with one attached hydrogen (secondary N) is 1. The maximum atomic E-state index is 11.9. The molecule has 1 atom stereocenters. The van der Waals surface area contributed by atoms with Gasteiger partial charge >= 0.3 is 6.09 Å². The second-order valence-electron chi connectivity index (χ2n) is 8.65. The summed E-state index contributed by atoms with van der Waals surface area (Å²) in [6, 6.07) is 9.24. The minimum absolute atomic E-state index is 0.119. The fourth-order valence-corrected chi connectivity index (χ4v) is 4.08. The Morgan fingerprint density at radius 1 is 1.13 bits per heavy atom. The summed E-state index contributed by atoms with van der Waals surface area (Å²) in [6.45, 7) is 6.19. The Bertz CT molecular complexity index is 1160. The average molecular weight is 422 g/mol. The van der Waals surface area contributed by atoms with E-state index in [1.807, 2.05) is 30.3 Å². The van der Waals surface area contributed by atoms with Gasteiger partial charge in [-0.3, -0.25) is 4.90 Å².